The third kappa shape index (κ3) is 3.84. The van der Waals surface area contributed by atoms with Gasteiger partial charge in [-0.1, -0.05) is 13.0 Å². The Kier molecular flexibility index (Phi) is 5.81. The second-order valence-electron chi connectivity index (χ2n) is 7.60. The molecule has 0 aromatic heterocycles. The molecule has 1 N–H and O–H groups in total. The van der Waals surface area contributed by atoms with Crippen LogP contribution < -0.4 is 9.47 Å². The van der Waals surface area contributed by atoms with Gasteiger partial charge in [0.1, 0.15) is 6.10 Å². The Hall–Kier alpha value is -1.99. The Morgan fingerprint density at radius 3 is 2.74 bits per heavy atom. The van der Waals surface area contributed by atoms with Crippen molar-refractivity contribution in [2.24, 2.45) is 5.41 Å². The summed E-state index contributed by atoms with van der Waals surface area (Å²) in [7, 11) is 2.99. The minimum absolute atomic E-state index is 0.00689. The van der Waals surface area contributed by atoms with Crippen molar-refractivity contribution in [2.45, 2.75) is 38.4 Å². The van der Waals surface area contributed by atoms with Gasteiger partial charge in [-0.15, -0.1) is 0 Å². The molecular formula is C20H29NO6. The summed E-state index contributed by atoms with van der Waals surface area (Å²) in [6.45, 7) is 5.94. The molecule has 0 saturated carbocycles. The van der Waals surface area contributed by atoms with Crippen LogP contribution in [-0.4, -0.2) is 68.8 Å². The van der Waals surface area contributed by atoms with Gasteiger partial charge in [-0.05, 0) is 24.6 Å². The summed E-state index contributed by atoms with van der Waals surface area (Å²) in [5.74, 6) is 1.27. The molecule has 0 spiro atoms. The lowest BCUT2D eigenvalue weighted by Gasteiger charge is -2.33. The molecule has 1 amide bonds. The van der Waals surface area contributed by atoms with Gasteiger partial charge in [0.2, 0.25) is 0 Å². The van der Waals surface area contributed by atoms with Crippen LogP contribution in [0.25, 0.3) is 0 Å². The van der Waals surface area contributed by atoms with Crippen molar-refractivity contribution < 1.29 is 28.8 Å². The van der Waals surface area contributed by atoms with Gasteiger partial charge in [-0.25, -0.2) is 4.79 Å². The molecule has 2 fully saturated rings. The number of hydrogen-bond donors (Lipinski definition) is 1. The summed E-state index contributed by atoms with van der Waals surface area (Å²) in [4.78, 5) is 13.7. The number of hydrogen-bond acceptors (Lipinski definition) is 6. The van der Waals surface area contributed by atoms with E-state index in [0.29, 0.717) is 37.8 Å². The Balaban J connectivity index is 1.91. The number of rotatable bonds is 5. The van der Waals surface area contributed by atoms with Crippen molar-refractivity contribution in [1.29, 1.82) is 0 Å². The van der Waals surface area contributed by atoms with Crippen molar-refractivity contribution >= 4 is 6.09 Å². The molecule has 0 aliphatic carbocycles. The third-order valence-electron chi connectivity index (χ3n) is 5.89. The number of aliphatic hydroxyl groups excluding tert-OH is 1. The zero-order valence-corrected chi connectivity index (χ0v) is 16.4. The van der Waals surface area contributed by atoms with Gasteiger partial charge in [0.25, 0.3) is 0 Å². The summed E-state index contributed by atoms with van der Waals surface area (Å²) in [6.07, 6.45) is -0.116. The normalized spacial score (nSPS) is 28.9. The molecule has 2 aliphatic heterocycles. The maximum atomic E-state index is 12.1. The molecule has 27 heavy (non-hydrogen) atoms. The Morgan fingerprint density at radius 1 is 1.37 bits per heavy atom. The molecule has 4 atom stereocenters. The van der Waals surface area contributed by atoms with Crippen LogP contribution in [0.1, 0.15) is 31.7 Å². The standard InChI is InChI=1S/C20H29NO6/c1-13(22)20(2)12-21(19(23)25-4)10-16(20)14-5-6-17(24-3)18(9-14)27-15-7-8-26-11-15/h5-6,9,13,15-16,22H,7-8,10-12H2,1-4H3/t13-,15+,16?,20-/m1/s1. The van der Waals surface area contributed by atoms with E-state index < -0.39 is 11.5 Å². The van der Waals surface area contributed by atoms with Gasteiger partial charge < -0.3 is 29.0 Å². The lowest BCUT2D eigenvalue weighted by atomic mass is 9.72. The molecule has 2 saturated heterocycles. The van der Waals surface area contributed by atoms with Crippen LogP contribution in [0, 0.1) is 5.41 Å². The summed E-state index contributed by atoms with van der Waals surface area (Å²) >= 11 is 0. The van der Waals surface area contributed by atoms with E-state index in [1.165, 1.54) is 7.11 Å². The van der Waals surface area contributed by atoms with E-state index in [0.717, 1.165) is 12.0 Å². The van der Waals surface area contributed by atoms with Crippen LogP contribution in [0.2, 0.25) is 0 Å². The second kappa shape index (κ2) is 7.94. The summed E-state index contributed by atoms with van der Waals surface area (Å²) < 4.78 is 21.8. The van der Waals surface area contributed by atoms with Gasteiger partial charge in [0.15, 0.2) is 11.5 Å². The van der Waals surface area contributed by atoms with E-state index in [1.54, 1.807) is 18.9 Å². The molecule has 1 aromatic carbocycles. The molecule has 7 heteroatoms. The molecule has 0 radical (unpaired) electrons. The highest BCUT2D eigenvalue weighted by atomic mass is 16.6. The van der Waals surface area contributed by atoms with E-state index >= 15 is 0 Å². The highest BCUT2D eigenvalue weighted by molar-refractivity contribution is 5.68. The quantitative estimate of drug-likeness (QED) is 0.847. The van der Waals surface area contributed by atoms with Gasteiger partial charge in [0, 0.05) is 30.8 Å². The lowest BCUT2D eigenvalue weighted by molar-refractivity contribution is 0.0470. The maximum absolute atomic E-state index is 12.1. The molecule has 150 valence electrons. The van der Waals surface area contributed by atoms with Gasteiger partial charge >= 0.3 is 6.09 Å². The average molecular weight is 379 g/mol. The number of benzene rings is 1. The van der Waals surface area contributed by atoms with E-state index in [4.69, 9.17) is 18.9 Å². The van der Waals surface area contributed by atoms with Crippen LogP contribution in [0.5, 0.6) is 11.5 Å². The molecule has 1 unspecified atom stereocenters. The number of likely N-dealkylation sites (tertiary alicyclic amines) is 1. The van der Waals surface area contributed by atoms with E-state index in [9.17, 15) is 9.90 Å². The van der Waals surface area contributed by atoms with Crippen LogP contribution in [0.3, 0.4) is 0 Å². The SMILES string of the molecule is COC(=O)N1CC(c2ccc(OC)c(O[C@H]3CCOC3)c2)[C@@](C)([C@@H](C)O)C1. The van der Waals surface area contributed by atoms with Crippen molar-refractivity contribution in [2.75, 3.05) is 40.5 Å². The fourth-order valence-corrected chi connectivity index (χ4v) is 3.98. The fourth-order valence-electron chi connectivity index (χ4n) is 3.98. The second-order valence-corrected chi connectivity index (χ2v) is 7.60. The molecule has 2 aliphatic rings. The van der Waals surface area contributed by atoms with E-state index in [-0.39, 0.29) is 18.1 Å². The topological polar surface area (TPSA) is 77.5 Å². The number of carbonyl (C=O) groups is 1. The van der Waals surface area contributed by atoms with Gasteiger partial charge in [-0.3, -0.25) is 0 Å². The lowest BCUT2D eigenvalue weighted by Crippen LogP contribution is -2.38. The zero-order chi connectivity index (χ0) is 19.6. The largest absolute Gasteiger partial charge is 0.493 e. The first-order valence-electron chi connectivity index (χ1n) is 9.32. The molecular weight excluding hydrogens is 350 g/mol. The number of ether oxygens (including phenoxy) is 4. The molecule has 7 nitrogen and oxygen atoms in total. The average Bonchev–Trinajstić information content (AvgIpc) is 3.29. The predicted molar refractivity (Wildman–Crippen MR) is 99.4 cm³/mol. The highest BCUT2D eigenvalue weighted by Gasteiger charge is 2.48. The number of nitrogens with zero attached hydrogens (tertiary/aromatic N) is 1. The maximum Gasteiger partial charge on any atom is 0.409 e. The summed E-state index contributed by atoms with van der Waals surface area (Å²) in [5, 5.41) is 10.5. The monoisotopic (exact) mass is 379 g/mol. The first-order valence-corrected chi connectivity index (χ1v) is 9.32. The van der Waals surface area contributed by atoms with Crippen molar-refractivity contribution in [3.05, 3.63) is 23.8 Å². The predicted octanol–water partition coefficient (Wildman–Crippen LogP) is 2.42. The third-order valence-corrected chi connectivity index (χ3v) is 5.89. The molecule has 0 bridgehead atoms. The van der Waals surface area contributed by atoms with Crippen molar-refractivity contribution in [3.63, 3.8) is 0 Å². The van der Waals surface area contributed by atoms with E-state index in [1.807, 2.05) is 25.1 Å². The molecule has 2 heterocycles. The number of carbonyl (C=O) groups excluding carboxylic acids is 1. The first kappa shape index (κ1) is 19.8. The molecule has 3 rings (SSSR count). The zero-order valence-electron chi connectivity index (χ0n) is 16.4. The van der Waals surface area contributed by atoms with Crippen molar-refractivity contribution in [1.82, 2.24) is 4.90 Å². The van der Waals surface area contributed by atoms with Crippen LogP contribution in [0.15, 0.2) is 18.2 Å². The molecule has 1 aromatic rings. The van der Waals surface area contributed by atoms with Crippen molar-refractivity contribution in [3.8, 4) is 11.5 Å². The summed E-state index contributed by atoms with van der Waals surface area (Å²) in [6, 6.07) is 5.82. The van der Waals surface area contributed by atoms with Gasteiger partial charge in [-0.2, -0.15) is 0 Å². The summed E-state index contributed by atoms with van der Waals surface area (Å²) in [5.41, 5.74) is 0.510. The number of methoxy groups -OCH3 is 2. The minimum Gasteiger partial charge on any atom is -0.493 e. The Labute approximate surface area is 160 Å². The highest BCUT2D eigenvalue weighted by Crippen LogP contribution is 2.47. The number of amides is 1. The minimum atomic E-state index is -0.591. The Bertz CT molecular complexity index is 672. The Morgan fingerprint density at radius 2 is 2.15 bits per heavy atom. The number of aliphatic hydroxyl groups is 1. The van der Waals surface area contributed by atoms with E-state index in [2.05, 4.69) is 0 Å². The first-order chi connectivity index (χ1) is 12.9. The smallest absolute Gasteiger partial charge is 0.409 e. The van der Waals surface area contributed by atoms with Crippen LogP contribution >= 0.6 is 0 Å². The van der Waals surface area contributed by atoms with Crippen LogP contribution in [0.4, 0.5) is 4.79 Å². The fraction of sp³-hybridized carbons (Fsp3) is 0.650. The van der Waals surface area contributed by atoms with Crippen LogP contribution in [-0.2, 0) is 9.47 Å². The van der Waals surface area contributed by atoms with Gasteiger partial charge in [0.05, 0.1) is 33.5 Å².